The predicted molar refractivity (Wildman–Crippen MR) is 80.0 cm³/mol. The lowest BCUT2D eigenvalue weighted by atomic mass is 10.2. The van der Waals surface area contributed by atoms with Crippen molar-refractivity contribution in [1.82, 2.24) is 5.32 Å². The second-order valence-electron chi connectivity index (χ2n) is 4.72. The van der Waals surface area contributed by atoms with Crippen LogP contribution in [0.3, 0.4) is 0 Å². The van der Waals surface area contributed by atoms with Crippen molar-refractivity contribution in [2.75, 3.05) is 7.11 Å². The van der Waals surface area contributed by atoms with Gasteiger partial charge in [-0.15, -0.1) is 0 Å². The van der Waals surface area contributed by atoms with Crippen molar-refractivity contribution < 1.29 is 18.9 Å². The molecule has 0 fully saturated rings. The van der Waals surface area contributed by atoms with Crippen LogP contribution in [-0.2, 0) is 17.9 Å². The van der Waals surface area contributed by atoms with E-state index in [0.29, 0.717) is 12.1 Å². The number of hydrogen-bond donors (Lipinski definition) is 2. The Hall–Kier alpha value is -2.89. The van der Waals surface area contributed by atoms with E-state index in [-0.39, 0.29) is 12.5 Å². The number of ether oxygens (including phenoxy) is 1. The van der Waals surface area contributed by atoms with Crippen molar-refractivity contribution in [2.24, 2.45) is 5.73 Å². The van der Waals surface area contributed by atoms with E-state index in [0.717, 1.165) is 11.3 Å². The van der Waals surface area contributed by atoms with Crippen molar-refractivity contribution >= 4 is 11.8 Å². The third-order valence-electron chi connectivity index (χ3n) is 3.14. The van der Waals surface area contributed by atoms with Crippen molar-refractivity contribution in [2.45, 2.75) is 13.1 Å². The van der Waals surface area contributed by atoms with E-state index in [4.69, 9.17) is 10.5 Å². The van der Waals surface area contributed by atoms with E-state index in [1.807, 2.05) is 24.3 Å². The lowest BCUT2D eigenvalue weighted by molar-refractivity contribution is -0.684. The minimum atomic E-state index is -0.524. The largest absolute Gasteiger partial charge is 0.496 e. The van der Waals surface area contributed by atoms with Gasteiger partial charge in [0.1, 0.15) is 11.3 Å². The molecular weight excluding hydrogens is 282 g/mol. The molecule has 0 saturated carbocycles. The molecular formula is C16H18N3O3+. The number of para-hydroxylation sites is 1. The van der Waals surface area contributed by atoms with E-state index < -0.39 is 5.91 Å². The van der Waals surface area contributed by atoms with E-state index in [2.05, 4.69) is 5.32 Å². The quantitative estimate of drug-likeness (QED) is 0.757. The van der Waals surface area contributed by atoms with Crippen molar-refractivity contribution in [3.8, 4) is 5.75 Å². The third kappa shape index (κ3) is 4.05. The maximum atomic E-state index is 12.0. The Morgan fingerprint density at radius 3 is 2.73 bits per heavy atom. The molecule has 2 amide bonds. The Morgan fingerprint density at radius 1 is 1.23 bits per heavy atom. The number of pyridine rings is 1. The first-order valence-corrected chi connectivity index (χ1v) is 6.77. The van der Waals surface area contributed by atoms with Gasteiger partial charge in [-0.3, -0.25) is 9.59 Å². The number of hydrogen-bond acceptors (Lipinski definition) is 3. The summed E-state index contributed by atoms with van der Waals surface area (Å²) in [5.41, 5.74) is 6.47. The number of amides is 2. The maximum absolute atomic E-state index is 12.0. The van der Waals surface area contributed by atoms with Crippen molar-refractivity contribution in [3.05, 3.63) is 59.9 Å². The van der Waals surface area contributed by atoms with Gasteiger partial charge in [0.15, 0.2) is 12.4 Å². The molecule has 0 spiro atoms. The van der Waals surface area contributed by atoms with Gasteiger partial charge in [-0.2, -0.15) is 4.57 Å². The minimum Gasteiger partial charge on any atom is -0.496 e. The number of nitrogens with two attached hydrogens (primary N) is 1. The van der Waals surface area contributed by atoms with Gasteiger partial charge in [-0.25, -0.2) is 0 Å². The molecule has 0 aliphatic carbocycles. The summed E-state index contributed by atoms with van der Waals surface area (Å²) in [5, 5.41) is 2.81. The van der Waals surface area contributed by atoms with Gasteiger partial charge in [0.25, 0.3) is 11.8 Å². The minimum absolute atomic E-state index is 0.107. The summed E-state index contributed by atoms with van der Waals surface area (Å²) in [6, 6.07) is 10.8. The van der Waals surface area contributed by atoms with Crippen LogP contribution in [0, 0.1) is 0 Å². The highest BCUT2D eigenvalue weighted by molar-refractivity contribution is 5.92. The summed E-state index contributed by atoms with van der Waals surface area (Å²) in [6.07, 6.45) is 3.25. The highest BCUT2D eigenvalue weighted by atomic mass is 16.5. The number of methoxy groups -OCH3 is 1. The van der Waals surface area contributed by atoms with Crippen LogP contribution in [0.15, 0.2) is 48.8 Å². The van der Waals surface area contributed by atoms with Crippen LogP contribution in [0.4, 0.5) is 0 Å². The molecule has 1 heterocycles. The van der Waals surface area contributed by atoms with Crippen LogP contribution in [0.25, 0.3) is 0 Å². The van der Waals surface area contributed by atoms with Gasteiger partial charge < -0.3 is 15.8 Å². The van der Waals surface area contributed by atoms with Gasteiger partial charge >= 0.3 is 0 Å². The van der Waals surface area contributed by atoms with Crippen LogP contribution < -0.4 is 20.4 Å². The molecule has 0 aliphatic heterocycles. The molecule has 2 rings (SSSR count). The Morgan fingerprint density at radius 2 is 2.00 bits per heavy atom. The van der Waals surface area contributed by atoms with Crippen LogP contribution >= 0.6 is 0 Å². The predicted octanol–water partition coefficient (Wildman–Crippen LogP) is 0.398. The topological polar surface area (TPSA) is 85.3 Å². The number of nitrogens with one attached hydrogen (secondary N) is 1. The molecule has 0 atom stereocenters. The summed E-state index contributed by atoms with van der Waals surface area (Å²) in [7, 11) is 1.59. The molecule has 114 valence electrons. The van der Waals surface area contributed by atoms with Crippen LogP contribution in [0.1, 0.15) is 15.9 Å². The Labute approximate surface area is 128 Å². The molecule has 3 N–H and O–H groups in total. The van der Waals surface area contributed by atoms with Gasteiger partial charge in [0.2, 0.25) is 6.54 Å². The van der Waals surface area contributed by atoms with Crippen molar-refractivity contribution in [3.63, 3.8) is 0 Å². The van der Waals surface area contributed by atoms with Crippen LogP contribution in [0.5, 0.6) is 5.75 Å². The number of nitrogens with zero attached hydrogens (tertiary/aromatic N) is 1. The van der Waals surface area contributed by atoms with E-state index in [9.17, 15) is 9.59 Å². The lowest BCUT2D eigenvalue weighted by Gasteiger charge is -2.08. The van der Waals surface area contributed by atoms with E-state index >= 15 is 0 Å². The summed E-state index contributed by atoms with van der Waals surface area (Å²) in [5.74, 6) is 0.0347. The molecule has 0 radical (unpaired) electrons. The highest BCUT2D eigenvalue weighted by Gasteiger charge is 2.12. The fourth-order valence-electron chi connectivity index (χ4n) is 2.03. The molecule has 0 saturated heterocycles. The summed E-state index contributed by atoms with van der Waals surface area (Å²) in [6.45, 7) is 0.481. The fourth-order valence-corrected chi connectivity index (χ4v) is 2.03. The molecule has 1 aromatic carbocycles. The van der Waals surface area contributed by atoms with E-state index in [1.54, 1.807) is 36.2 Å². The van der Waals surface area contributed by atoms with E-state index in [1.165, 1.54) is 0 Å². The number of carbonyl (C=O) groups is 2. The number of aromatic nitrogens is 1. The normalized spacial score (nSPS) is 10.0. The Balaban J connectivity index is 1.96. The second-order valence-corrected chi connectivity index (χ2v) is 4.72. The molecule has 6 nitrogen and oxygen atoms in total. The molecule has 2 aromatic rings. The SMILES string of the molecule is COc1ccccc1CNC(=O)C[n+]1cccc(C(N)=O)c1. The van der Waals surface area contributed by atoms with Gasteiger partial charge in [-0.1, -0.05) is 18.2 Å². The number of rotatable bonds is 6. The standard InChI is InChI=1S/C16H17N3O3/c1-22-14-7-3-2-5-12(14)9-18-15(20)11-19-8-4-6-13(10-19)16(17)21/h2-8,10H,9,11H2,1H3,(H2-,17,18,20,21)/p+1. The smallest absolute Gasteiger partial charge is 0.286 e. The Kier molecular flexibility index (Phi) is 5.08. The first-order chi connectivity index (χ1) is 10.6. The summed E-state index contributed by atoms with van der Waals surface area (Å²) in [4.78, 5) is 23.1. The zero-order valence-electron chi connectivity index (χ0n) is 12.3. The summed E-state index contributed by atoms with van der Waals surface area (Å²) < 4.78 is 6.84. The Bertz CT molecular complexity index is 686. The third-order valence-corrected chi connectivity index (χ3v) is 3.14. The second kappa shape index (κ2) is 7.21. The van der Waals surface area contributed by atoms with Crippen LogP contribution in [-0.4, -0.2) is 18.9 Å². The zero-order valence-corrected chi connectivity index (χ0v) is 12.3. The number of primary amides is 1. The first-order valence-electron chi connectivity index (χ1n) is 6.77. The van der Waals surface area contributed by atoms with Crippen molar-refractivity contribution in [1.29, 1.82) is 0 Å². The fraction of sp³-hybridized carbons (Fsp3) is 0.188. The molecule has 22 heavy (non-hydrogen) atoms. The lowest BCUT2D eigenvalue weighted by Crippen LogP contribution is -2.43. The molecule has 6 heteroatoms. The van der Waals surface area contributed by atoms with Gasteiger partial charge in [0.05, 0.1) is 7.11 Å². The maximum Gasteiger partial charge on any atom is 0.286 e. The molecule has 0 unspecified atom stereocenters. The molecule has 0 bridgehead atoms. The average Bonchev–Trinajstić information content (AvgIpc) is 2.53. The van der Waals surface area contributed by atoms with Crippen LogP contribution in [0.2, 0.25) is 0 Å². The molecule has 0 aliphatic rings. The number of benzene rings is 1. The van der Waals surface area contributed by atoms with Gasteiger partial charge in [0, 0.05) is 18.2 Å². The number of carbonyl (C=O) groups excluding carboxylic acids is 2. The van der Waals surface area contributed by atoms with Gasteiger partial charge in [-0.05, 0) is 12.1 Å². The average molecular weight is 300 g/mol. The highest BCUT2D eigenvalue weighted by Crippen LogP contribution is 2.16. The monoisotopic (exact) mass is 300 g/mol. The molecule has 1 aromatic heterocycles. The first kappa shape index (κ1) is 15.5. The zero-order chi connectivity index (χ0) is 15.9. The summed E-state index contributed by atoms with van der Waals surface area (Å²) >= 11 is 0.